The first-order valence-corrected chi connectivity index (χ1v) is 13.3. The molecule has 9 heteroatoms. The molecule has 0 fully saturated rings. The number of pyridine rings is 3. The number of nitrogens with zero attached hydrogens (tertiary/aromatic N) is 6. The normalized spacial score (nSPS) is 15.6. The average molecular weight is 531 g/mol. The van der Waals surface area contributed by atoms with E-state index < -0.39 is 0 Å². The summed E-state index contributed by atoms with van der Waals surface area (Å²) in [6, 6.07) is 16.2. The SMILES string of the molecule is Cc1cc(Nc2c(C#N)cnc3ccc(C4=CCNC(C(C)(C)C)C4)nc23)ccc1Oc1ccn2ncnc2c1. The summed E-state index contributed by atoms with van der Waals surface area (Å²) in [5.41, 5.74) is 7.19. The van der Waals surface area contributed by atoms with Gasteiger partial charge < -0.3 is 15.4 Å². The highest BCUT2D eigenvalue weighted by Gasteiger charge is 2.28. The molecule has 5 aromatic rings. The fourth-order valence-electron chi connectivity index (χ4n) is 4.95. The van der Waals surface area contributed by atoms with Crippen LogP contribution in [0, 0.1) is 23.7 Å². The van der Waals surface area contributed by atoms with Gasteiger partial charge in [-0.1, -0.05) is 26.8 Å². The van der Waals surface area contributed by atoms with Crippen LogP contribution in [0.3, 0.4) is 0 Å². The van der Waals surface area contributed by atoms with Crippen LogP contribution in [0.2, 0.25) is 0 Å². The van der Waals surface area contributed by atoms with E-state index in [0.29, 0.717) is 34.2 Å². The molecule has 0 saturated heterocycles. The lowest BCUT2D eigenvalue weighted by atomic mass is 9.81. The van der Waals surface area contributed by atoms with E-state index in [1.165, 1.54) is 11.9 Å². The second-order valence-electron chi connectivity index (χ2n) is 11.1. The Morgan fingerprint density at radius 2 is 2.00 bits per heavy atom. The minimum Gasteiger partial charge on any atom is -0.457 e. The predicted molar refractivity (Wildman–Crippen MR) is 156 cm³/mol. The third-order valence-corrected chi connectivity index (χ3v) is 7.27. The molecule has 0 amide bonds. The molecule has 0 bridgehead atoms. The van der Waals surface area contributed by atoms with Crippen LogP contribution in [-0.2, 0) is 0 Å². The molecule has 5 heterocycles. The Kier molecular flexibility index (Phi) is 6.40. The van der Waals surface area contributed by atoms with E-state index in [1.54, 1.807) is 10.7 Å². The first kappa shape index (κ1) is 25.5. The number of nitrogens with one attached hydrogen (secondary N) is 2. The summed E-state index contributed by atoms with van der Waals surface area (Å²) in [6.45, 7) is 9.54. The zero-order chi connectivity index (χ0) is 27.9. The van der Waals surface area contributed by atoms with Gasteiger partial charge in [-0.05, 0) is 66.3 Å². The molecule has 1 aliphatic rings. The number of nitriles is 1. The van der Waals surface area contributed by atoms with Crippen molar-refractivity contribution >= 4 is 33.6 Å². The van der Waals surface area contributed by atoms with Crippen LogP contribution in [0.15, 0.2) is 67.3 Å². The number of hydrogen-bond donors (Lipinski definition) is 2. The van der Waals surface area contributed by atoms with Crippen molar-refractivity contribution in [1.29, 1.82) is 5.26 Å². The smallest absolute Gasteiger partial charge is 0.158 e. The van der Waals surface area contributed by atoms with Gasteiger partial charge in [0.05, 0.1) is 22.5 Å². The van der Waals surface area contributed by atoms with Gasteiger partial charge in [-0.2, -0.15) is 10.4 Å². The highest BCUT2D eigenvalue weighted by molar-refractivity contribution is 5.93. The number of benzene rings is 1. The van der Waals surface area contributed by atoms with Crippen molar-refractivity contribution in [3.8, 4) is 17.6 Å². The van der Waals surface area contributed by atoms with Crippen LogP contribution in [0.4, 0.5) is 11.4 Å². The number of hydrogen-bond acceptors (Lipinski definition) is 8. The van der Waals surface area contributed by atoms with Crippen molar-refractivity contribution in [2.24, 2.45) is 5.41 Å². The fourth-order valence-corrected chi connectivity index (χ4v) is 4.95. The van der Waals surface area contributed by atoms with Gasteiger partial charge in [-0.15, -0.1) is 0 Å². The average Bonchev–Trinajstić information content (AvgIpc) is 3.42. The quantitative estimate of drug-likeness (QED) is 0.277. The molecule has 0 radical (unpaired) electrons. The van der Waals surface area contributed by atoms with Gasteiger partial charge in [-0.25, -0.2) is 14.5 Å². The van der Waals surface area contributed by atoms with Gasteiger partial charge in [-0.3, -0.25) is 4.98 Å². The van der Waals surface area contributed by atoms with E-state index in [-0.39, 0.29) is 5.41 Å². The lowest BCUT2D eigenvalue weighted by molar-refractivity contribution is 0.274. The third-order valence-electron chi connectivity index (χ3n) is 7.27. The maximum atomic E-state index is 9.91. The maximum absolute atomic E-state index is 9.91. The fraction of sp³-hybridized carbons (Fsp3) is 0.258. The summed E-state index contributed by atoms with van der Waals surface area (Å²) >= 11 is 0. The maximum Gasteiger partial charge on any atom is 0.158 e. The monoisotopic (exact) mass is 530 g/mol. The van der Waals surface area contributed by atoms with Crippen LogP contribution >= 0.6 is 0 Å². The molecule has 0 aliphatic carbocycles. The van der Waals surface area contributed by atoms with Crippen molar-refractivity contribution < 1.29 is 4.74 Å². The Balaban J connectivity index is 1.31. The highest BCUT2D eigenvalue weighted by Crippen LogP contribution is 2.34. The van der Waals surface area contributed by atoms with Crippen molar-refractivity contribution in [2.45, 2.75) is 40.2 Å². The molecule has 4 aromatic heterocycles. The summed E-state index contributed by atoms with van der Waals surface area (Å²) in [6.07, 6.45) is 8.00. The van der Waals surface area contributed by atoms with Gasteiger partial charge in [0.25, 0.3) is 0 Å². The van der Waals surface area contributed by atoms with Crippen molar-refractivity contribution in [3.63, 3.8) is 0 Å². The molecule has 1 unspecified atom stereocenters. The third kappa shape index (κ3) is 4.97. The molecule has 9 nitrogen and oxygen atoms in total. The lowest BCUT2D eigenvalue weighted by Gasteiger charge is -2.34. The summed E-state index contributed by atoms with van der Waals surface area (Å²) in [5, 5.41) is 21.1. The van der Waals surface area contributed by atoms with Gasteiger partial charge >= 0.3 is 0 Å². The van der Waals surface area contributed by atoms with Crippen LogP contribution < -0.4 is 15.4 Å². The van der Waals surface area contributed by atoms with Gasteiger partial charge in [0.2, 0.25) is 0 Å². The second kappa shape index (κ2) is 10.1. The van der Waals surface area contributed by atoms with Gasteiger partial charge in [0.1, 0.15) is 29.4 Å². The molecule has 1 aromatic carbocycles. The van der Waals surface area contributed by atoms with Crippen LogP contribution in [-0.4, -0.2) is 37.2 Å². The number of aromatic nitrogens is 5. The zero-order valence-electron chi connectivity index (χ0n) is 22.9. The Bertz CT molecular complexity index is 1810. The van der Waals surface area contributed by atoms with E-state index >= 15 is 0 Å². The molecule has 0 saturated carbocycles. The highest BCUT2D eigenvalue weighted by atomic mass is 16.5. The van der Waals surface area contributed by atoms with E-state index in [2.05, 4.69) is 58.6 Å². The largest absolute Gasteiger partial charge is 0.457 e. The van der Waals surface area contributed by atoms with Crippen molar-refractivity contribution in [2.75, 3.05) is 11.9 Å². The molecular formula is C31H30N8O. The molecular weight excluding hydrogens is 500 g/mol. The summed E-state index contributed by atoms with van der Waals surface area (Å²) in [7, 11) is 0. The summed E-state index contributed by atoms with van der Waals surface area (Å²) in [5.74, 6) is 1.40. The number of anilines is 2. The molecule has 0 spiro atoms. The van der Waals surface area contributed by atoms with Crippen LogP contribution in [0.25, 0.3) is 22.3 Å². The Morgan fingerprint density at radius 3 is 2.80 bits per heavy atom. The van der Waals surface area contributed by atoms with E-state index in [9.17, 15) is 5.26 Å². The Morgan fingerprint density at radius 1 is 1.12 bits per heavy atom. The minimum absolute atomic E-state index is 0.135. The molecule has 1 atom stereocenters. The molecule has 1 aliphatic heterocycles. The Hall–Kier alpha value is -4.81. The van der Waals surface area contributed by atoms with Gasteiger partial charge in [0, 0.05) is 36.7 Å². The molecule has 2 N–H and O–H groups in total. The lowest BCUT2D eigenvalue weighted by Crippen LogP contribution is -2.42. The van der Waals surface area contributed by atoms with E-state index in [1.807, 2.05) is 55.6 Å². The topological polar surface area (TPSA) is 113 Å². The van der Waals surface area contributed by atoms with Crippen LogP contribution in [0.1, 0.15) is 44.0 Å². The second-order valence-corrected chi connectivity index (χ2v) is 11.1. The molecule has 200 valence electrons. The molecule has 40 heavy (non-hydrogen) atoms. The van der Waals surface area contributed by atoms with Crippen molar-refractivity contribution in [1.82, 2.24) is 29.9 Å². The first-order valence-electron chi connectivity index (χ1n) is 13.3. The van der Waals surface area contributed by atoms with Crippen molar-refractivity contribution in [3.05, 3.63) is 84.1 Å². The summed E-state index contributed by atoms with van der Waals surface area (Å²) in [4.78, 5) is 13.7. The van der Waals surface area contributed by atoms with Gasteiger partial charge in [0.15, 0.2) is 5.65 Å². The standard InChI is InChI=1S/C31H30N8O/c1-19-13-22(5-8-26(19)40-23-10-12-39-28(15-23)35-18-36-39)37-29-21(16-32)17-34-25-7-6-24(38-30(25)29)20-9-11-33-27(14-20)31(2,3)4/h5-10,12-13,15,17-18,27,33H,11,14H2,1-4H3,(H,34,37). The van der Waals surface area contributed by atoms with E-state index in [4.69, 9.17) is 9.72 Å². The minimum atomic E-state index is 0.135. The summed E-state index contributed by atoms with van der Waals surface area (Å²) < 4.78 is 7.81. The number of fused-ring (bicyclic) bond motifs is 2. The zero-order valence-corrected chi connectivity index (χ0v) is 22.9. The van der Waals surface area contributed by atoms with Crippen LogP contribution in [0.5, 0.6) is 11.5 Å². The Labute approximate surface area is 232 Å². The number of ether oxygens (including phenoxy) is 1. The molecule has 6 rings (SSSR count). The number of rotatable bonds is 5. The first-order chi connectivity index (χ1) is 19.3. The number of aryl methyl sites for hydroxylation is 1. The predicted octanol–water partition coefficient (Wildman–Crippen LogP) is 6.18. The van der Waals surface area contributed by atoms with E-state index in [0.717, 1.165) is 41.2 Å².